The molecule has 1 unspecified atom stereocenters. The molecule has 1 N–H and O–H groups in total. The Bertz CT molecular complexity index is 631. The Labute approximate surface area is 114 Å². The maximum absolute atomic E-state index is 13.1. The van der Waals surface area contributed by atoms with Gasteiger partial charge >= 0.3 is 6.18 Å². The summed E-state index contributed by atoms with van der Waals surface area (Å²) in [5, 5.41) is 7.48. The summed E-state index contributed by atoms with van der Waals surface area (Å²) in [5.74, 6) is 0.774. The Balaban J connectivity index is 2.11. The summed E-state index contributed by atoms with van der Waals surface area (Å²) < 4.78 is 41.1. The highest BCUT2D eigenvalue weighted by Crippen LogP contribution is 2.38. The van der Waals surface area contributed by atoms with Gasteiger partial charge in [-0.05, 0) is 25.0 Å². The number of aryl methyl sites for hydroxylation is 1. The lowest BCUT2D eigenvalue weighted by Gasteiger charge is -2.28. The fraction of sp³-hybridized carbons (Fsp3) is 0.357. The van der Waals surface area contributed by atoms with Gasteiger partial charge in [-0.2, -0.15) is 18.3 Å². The van der Waals surface area contributed by atoms with Gasteiger partial charge in [0.15, 0.2) is 0 Å². The minimum atomic E-state index is -4.34. The third-order valence-corrected chi connectivity index (χ3v) is 3.50. The molecule has 2 aromatic rings. The van der Waals surface area contributed by atoms with Crippen LogP contribution in [0.1, 0.15) is 29.3 Å². The molecule has 0 saturated heterocycles. The Morgan fingerprint density at radius 2 is 2.05 bits per heavy atom. The topological polar surface area (TPSA) is 29.9 Å². The number of alkyl halides is 3. The highest BCUT2D eigenvalue weighted by atomic mass is 19.4. The van der Waals surface area contributed by atoms with Gasteiger partial charge in [-0.3, -0.25) is 0 Å². The van der Waals surface area contributed by atoms with Crippen LogP contribution in [0.25, 0.3) is 0 Å². The van der Waals surface area contributed by atoms with Gasteiger partial charge in [-0.1, -0.05) is 18.2 Å². The van der Waals surface area contributed by atoms with Crippen molar-refractivity contribution in [2.45, 2.75) is 25.6 Å². The molecule has 1 atom stereocenters. The normalized spacial score (nSPS) is 18.5. The first-order valence-electron chi connectivity index (χ1n) is 6.43. The number of benzene rings is 1. The van der Waals surface area contributed by atoms with Crippen LogP contribution in [0.3, 0.4) is 0 Å². The van der Waals surface area contributed by atoms with Gasteiger partial charge < -0.3 is 5.32 Å². The van der Waals surface area contributed by atoms with Crippen molar-refractivity contribution in [2.75, 3.05) is 11.9 Å². The zero-order valence-corrected chi connectivity index (χ0v) is 10.9. The third kappa shape index (κ3) is 2.15. The van der Waals surface area contributed by atoms with Crippen LogP contribution in [-0.4, -0.2) is 16.3 Å². The van der Waals surface area contributed by atoms with Gasteiger partial charge in [0.05, 0.1) is 17.3 Å². The SMILES string of the molecule is Cc1cc2n(n1)C(c1ccccc1C(F)(F)F)CCN2. The Morgan fingerprint density at radius 3 is 2.80 bits per heavy atom. The number of hydrogen-bond acceptors (Lipinski definition) is 2. The number of fused-ring (bicyclic) bond motifs is 1. The van der Waals surface area contributed by atoms with E-state index in [1.54, 1.807) is 16.8 Å². The number of nitrogens with zero attached hydrogens (tertiary/aromatic N) is 2. The molecule has 1 aliphatic rings. The number of rotatable bonds is 1. The van der Waals surface area contributed by atoms with E-state index in [9.17, 15) is 13.2 Å². The summed E-state index contributed by atoms with van der Waals surface area (Å²) in [6, 6.07) is 7.21. The van der Waals surface area contributed by atoms with E-state index in [4.69, 9.17) is 0 Å². The van der Waals surface area contributed by atoms with Crippen LogP contribution < -0.4 is 5.32 Å². The van der Waals surface area contributed by atoms with Crippen molar-refractivity contribution in [1.82, 2.24) is 9.78 Å². The van der Waals surface area contributed by atoms with E-state index in [1.165, 1.54) is 6.07 Å². The van der Waals surface area contributed by atoms with Crippen molar-refractivity contribution in [3.63, 3.8) is 0 Å². The average Bonchev–Trinajstić information content (AvgIpc) is 2.77. The fourth-order valence-electron chi connectivity index (χ4n) is 2.68. The monoisotopic (exact) mass is 281 g/mol. The van der Waals surface area contributed by atoms with Gasteiger partial charge in [0.25, 0.3) is 0 Å². The zero-order valence-electron chi connectivity index (χ0n) is 10.9. The highest BCUT2D eigenvalue weighted by Gasteiger charge is 2.36. The summed E-state index contributed by atoms with van der Waals surface area (Å²) >= 11 is 0. The average molecular weight is 281 g/mol. The molecule has 1 aliphatic heterocycles. The molecule has 6 heteroatoms. The molecule has 3 rings (SSSR count). The molecule has 0 radical (unpaired) electrons. The molecule has 3 nitrogen and oxygen atoms in total. The lowest BCUT2D eigenvalue weighted by atomic mass is 9.96. The minimum absolute atomic E-state index is 0.283. The van der Waals surface area contributed by atoms with E-state index in [1.807, 2.05) is 13.0 Å². The third-order valence-electron chi connectivity index (χ3n) is 3.50. The molecule has 2 heterocycles. The van der Waals surface area contributed by atoms with E-state index in [0.29, 0.717) is 13.0 Å². The molecular weight excluding hydrogens is 267 g/mol. The first-order chi connectivity index (χ1) is 9.47. The smallest absolute Gasteiger partial charge is 0.370 e. The lowest BCUT2D eigenvalue weighted by Crippen LogP contribution is -2.26. The van der Waals surface area contributed by atoms with E-state index in [2.05, 4.69) is 10.4 Å². The van der Waals surface area contributed by atoms with Crippen molar-refractivity contribution in [2.24, 2.45) is 0 Å². The number of halogens is 3. The van der Waals surface area contributed by atoms with Gasteiger partial charge in [-0.15, -0.1) is 0 Å². The second-order valence-corrected chi connectivity index (χ2v) is 4.93. The quantitative estimate of drug-likeness (QED) is 0.865. The van der Waals surface area contributed by atoms with Crippen LogP contribution in [0.2, 0.25) is 0 Å². The molecule has 0 saturated carbocycles. The molecule has 1 aromatic heterocycles. The van der Waals surface area contributed by atoms with Gasteiger partial charge in [0.1, 0.15) is 5.82 Å². The van der Waals surface area contributed by atoms with Crippen molar-refractivity contribution in [3.05, 3.63) is 47.2 Å². The van der Waals surface area contributed by atoms with Crippen molar-refractivity contribution in [1.29, 1.82) is 0 Å². The van der Waals surface area contributed by atoms with Crippen molar-refractivity contribution in [3.8, 4) is 0 Å². The maximum atomic E-state index is 13.1. The Kier molecular flexibility index (Phi) is 2.96. The fourth-order valence-corrected chi connectivity index (χ4v) is 2.68. The highest BCUT2D eigenvalue weighted by molar-refractivity contribution is 5.43. The van der Waals surface area contributed by atoms with Gasteiger partial charge in [0.2, 0.25) is 0 Å². The van der Waals surface area contributed by atoms with Crippen molar-refractivity contribution >= 4 is 5.82 Å². The standard InChI is InChI=1S/C14H14F3N3/c1-9-8-13-18-7-6-12(20(13)19-9)10-4-2-3-5-11(10)14(15,16)17/h2-5,8,12,18H,6-7H2,1H3. The molecule has 0 amide bonds. The Hall–Kier alpha value is -1.98. The number of hydrogen-bond donors (Lipinski definition) is 1. The second-order valence-electron chi connectivity index (χ2n) is 4.93. The summed E-state index contributed by atoms with van der Waals surface area (Å²) in [6.45, 7) is 2.47. The lowest BCUT2D eigenvalue weighted by molar-refractivity contribution is -0.138. The molecule has 106 valence electrons. The van der Waals surface area contributed by atoms with Crippen LogP contribution in [0.15, 0.2) is 30.3 Å². The van der Waals surface area contributed by atoms with E-state index >= 15 is 0 Å². The summed E-state index contributed by atoms with van der Waals surface area (Å²) in [5.41, 5.74) is 0.501. The van der Waals surface area contributed by atoms with E-state index < -0.39 is 11.7 Å². The van der Waals surface area contributed by atoms with Gasteiger partial charge in [-0.25, -0.2) is 4.68 Å². The Morgan fingerprint density at radius 1 is 1.30 bits per heavy atom. The maximum Gasteiger partial charge on any atom is 0.416 e. The van der Waals surface area contributed by atoms with E-state index in [0.717, 1.165) is 17.6 Å². The summed E-state index contributed by atoms with van der Waals surface area (Å²) in [6.07, 6.45) is -3.76. The van der Waals surface area contributed by atoms with Crippen molar-refractivity contribution < 1.29 is 13.2 Å². The summed E-state index contributed by atoms with van der Waals surface area (Å²) in [7, 11) is 0. The number of anilines is 1. The van der Waals surface area contributed by atoms with Crippen LogP contribution in [0, 0.1) is 6.92 Å². The second kappa shape index (κ2) is 4.54. The van der Waals surface area contributed by atoms with E-state index in [-0.39, 0.29) is 11.6 Å². The van der Waals surface area contributed by atoms with Crippen LogP contribution in [-0.2, 0) is 6.18 Å². The first-order valence-corrected chi connectivity index (χ1v) is 6.43. The van der Waals surface area contributed by atoms with Crippen LogP contribution in [0.4, 0.5) is 19.0 Å². The van der Waals surface area contributed by atoms with Crippen LogP contribution >= 0.6 is 0 Å². The minimum Gasteiger partial charge on any atom is -0.370 e. The summed E-state index contributed by atoms with van der Waals surface area (Å²) in [4.78, 5) is 0. The first kappa shape index (κ1) is 13.0. The van der Waals surface area contributed by atoms with Crippen LogP contribution in [0.5, 0.6) is 0 Å². The number of aromatic nitrogens is 2. The number of nitrogens with one attached hydrogen (secondary N) is 1. The molecule has 20 heavy (non-hydrogen) atoms. The zero-order chi connectivity index (χ0) is 14.3. The molecule has 1 aromatic carbocycles. The molecule has 0 aliphatic carbocycles. The molecule has 0 bridgehead atoms. The molecule has 0 fully saturated rings. The van der Waals surface area contributed by atoms with Gasteiger partial charge in [0, 0.05) is 12.6 Å². The largest absolute Gasteiger partial charge is 0.416 e. The predicted octanol–water partition coefficient (Wildman–Crippen LogP) is 3.62. The molecular formula is C14H14F3N3. The predicted molar refractivity (Wildman–Crippen MR) is 69.7 cm³/mol. The molecule has 0 spiro atoms.